The Morgan fingerprint density at radius 3 is 2.60 bits per heavy atom. The number of nitrogens with one attached hydrogen (secondary N) is 1. The topological polar surface area (TPSA) is 52.9 Å². The van der Waals surface area contributed by atoms with E-state index in [9.17, 15) is 4.79 Å². The highest BCUT2D eigenvalue weighted by Gasteiger charge is 2.07. The molecular formula is C17H16N2O. The van der Waals surface area contributed by atoms with Gasteiger partial charge in [-0.3, -0.25) is 4.79 Å². The summed E-state index contributed by atoms with van der Waals surface area (Å²) in [5.41, 5.74) is 3.36. The highest BCUT2D eigenvalue weighted by molar-refractivity contribution is 5.94. The van der Waals surface area contributed by atoms with Crippen LogP contribution in [0.4, 0.5) is 0 Å². The Bertz CT molecular complexity index is 656. The molecule has 0 aliphatic heterocycles. The second-order valence-electron chi connectivity index (χ2n) is 4.50. The minimum atomic E-state index is -0.159. The molecule has 3 heteroatoms. The maximum absolute atomic E-state index is 12.1. The van der Waals surface area contributed by atoms with Gasteiger partial charge in [0.05, 0.1) is 11.6 Å². The molecule has 0 heterocycles. The summed E-state index contributed by atoms with van der Waals surface area (Å²) in [7, 11) is 0. The Balaban J connectivity index is 2.07. The van der Waals surface area contributed by atoms with Crippen LogP contribution >= 0.6 is 0 Å². The van der Waals surface area contributed by atoms with Crippen molar-refractivity contribution in [1.82, 2.24) is 5.32 Å². The lowest BCUT2D eigenvalue weighted by Gasteiger charge is -2.09. The molecule has 0 spiro atoms. The van der Waals surface area contributed by atoms with Gasteiger partial charge in [-0.25, -0.2) is 0 Å². The third kappa shape index (κ3) is 3.24. The zero-order chi connectivity index (χ0) is 14.4. The summed E-state index contributed by atoms with van der Waals surface area (Å²) >= 11 is 0. The maximum Gasteiger partial charge on any atom is 0.251 e. The first-order valence-corrected chi connectivity index (χ1v) is 6.59. The van der Waals surface area contributed by atoms with Crippen molar-refractivity contribution in [2.45, 2.75) is 19.9 Å². The van der Waals surface area contributed by atoms with Gasteiger partial charge in [0.1, 0.15) is 0 Å². The average Bonchev–Trinajstić information content (AvgIpc) is 2.52. The number of carbonyl (C=O) groups excluding carboxylic acids is 1. The van der Waals surface area contributed by atoms with Crippen molar-refractivity contribution in [2.24, 2.45) is 0 Å². The number of benzene rings is 2. The Labute approximate surface area is 118 Å². The van der Waals surface area contributed by atoms with Crippen LogP contribution in [0.3, 0.4) is 0 Å². The Morgan fingerprint density at radius 1 is 1.15 bits per heavy atom. The van der Waals surface area contributed by atoms with E-state index < -0.39 is 0 Å². The lowest BCUT2D eigenvalue weighted by molar-refractivity contribution is 0.0951. The highest BCUT2D eigenvalue weighted by atomic mass is 16.1. The van der Waals surface area contributed by atoms with E-state index in [1.165, 1.54) is 5.56 Å². The smallest absolute Gasteiger partial charge is 0.251 e. The van der Waals surface area contributed by atoms with Crippen molar-refractivity contribution < 1.29 is 4.79 Å². The van der Waals surface area contributed by atoms with Crippen LogP contribution < -0.4 is 5.32 Å². The number of aryl methyl sites for hydroxylation is 1. The van der Waals surface area contributed by atoms with Crippen LogP contribution in [0.15, 0.2) is 48.5 Å². The second kappa shape index (κ2) is 6.53. The minimum Gasteiger partial charge on any atom is -0.348 e. The summed E-state index contributed by atoms with van der Waals surface area (Å²) in [6.07, 6.45) is 0.940. The van der Waals surface area contributed by atoms with Crippen LogP contribution in [-0.2, 0) is 13.0 Å². The van der Waals surface area contributed by atoms with Gasteiger partial charge < -0.3 is 5.32 Å². The van der Waals surface area contributed by atoms with Crippen LogP contribution in [0.5, 0.6) is 0 Å². The molecule has 0 aliphatic carbocycles. The van der Waals surface area contributed by atoms with Gasteiger partial charge in [0.25, 0.3) is 5.91 Å². The first kappa shape index (κ1) is 13.8. The Kier molecular flexibility index (Phi) is 4.52. The molecule has 2 rings (SSSR count). The molecule has 0 bridgehead atoms. The maximum atomic E-state index is 12.1. The molecule has 2 aromatic rings. The SMILES string of the molecule is CCc1ccccc1CNC(=O)c1cccc(C#N)c1. The van der Waals surface area contributed by atoms with Gasteiger partial charge in [0.2, 0.25) is 0 Å². The molecular weight excluding hydrogens is 248 g/mol. The molecule has 1 amide bonds. The highest BCUT2D eigenvalue weighted by Crippen LogP contribution is 2.10. The largest absolute Gasteiger partial charge is 0.348 e. The number of nitrogens with zero attached hydrogens (tertiary/aromatic N) is 1. The fourth-order valence-electron chi connectivity index (χ4n) is 2.08. The second-order valence-corrected chi connectivity index (χ2v) is 4.50. The first-order valence-electron chi connectivity index (χ1n) is 6.59. The van der Waals surface area contributed by atoms with Gasteiger partial charge in [0, 0.05) is 12.1 Å². The molecule has 0 saturated heterocycles. The molecule has 0 radical (unpaired) electrons. The molecule has 0 aromatic heterocycles. The summed E-state index contributed by atoms with van der Waals surface area (Å²) in [6, 6.07) is 16.8. The fourth-order valence-corrected chi connectivity index (χ4v) is 2.08. The van der Waals surface area contributed by atoms with Gasteiger partial charge in [-0.1, -0.05) is 37.3 Å². The van der Waals surface area contributed by atoms with E-state index >= 15 is 0 Å². The molecule has 2 aromatic carbocycles. The molecule has 0 unspecified atom stereocenters. The third-order valence-corrected chi connectivity index (χ3v) is 3.19. The molecule has 3 nitrogen and oxygen atoms in total. The zero-order valence-electron chi connectivity index (χ0n) is 11.4. The van der Waals surface area contributed by atoms with Crippen LogP contribution in [0, 0.1) is 11.3 Å². The van der Waals surface area contributed by atoms with E-state index in [1.54, 1.807) is 24.3 Å². The van der Waals surface area contributed by atoms with E-state index in [0.717, 1.165) is 12.0 Å². The van der Waals surface area contributed by atoms with Crippen LogP contribution in [0.1, 0.15) is 34.0 Å². The van der Waals surface area contributed by atoms with E-state index in [2.05, 4.69) is 18.3 Å². The average molecular weight is 264 g/mol. The molecule has 0 atom stereocenters. The van der Waals surface area contributed by atoms with Gasteiger partial charge in [-0.15, -0.1) is 0 Å². The lowest BCUT2D eigenvalue weighted by atomic mass is 10.1. The summed E-state index contributed by atoms with van der Waals surface area (Å²) < 4.78 is 0. The van der Waals surface area contributed by atoms with Crippen molar-refractivity contribution in [2.75, 3.05) is 0 Å². The minimum absolute atomic E-state index is 0.159. The molecule has 0 saturated carbocycles. The molecule has 100 valence electrons. The van der Waals surface area contributed by atoms with Gasteiger partial charge in [-0.05, 0) is 35.7 Å². The standard InChI is InChI=1S/C17H16N2O/c1-2-14-7-3-4-8-16(14)12-19-17(20)15-9-5-6-13(10-15)11-18/h3-10H,2,12H2,1H3,(H,19,20). The molecule has 1 N–H and O–H groups in total. The van der Waals surface area contributed by atoms with Crippen LogP contribution in [0.2, 0.25) is 0 Å². The Morgan fingerprint density at radius 2 is 1.90 bits per heavy atom. The monoisotopic (exact) mass is 264 g/mol. The quantitative estimate of drug-likeness (QED) is 0.922. The summed E-state index contributed by atoms with van der Waals surface area (Å²) in [6.45, 7) is 2.59. The number of rotatable bonds is 4. The van der Waals surface area contributed by atoms with E-state index in [0.29, 0.717) is 17.7 Å². The predicted molar refractivity (Wildman–Crippen MR) is 78.1 cm³/mol. The van der Waals surface area contributed by atoms with E-state index in [1.807, 2.05) is 24.3 Å². The zero-order valence-corrected chi connectivity index (χ0v) is 11.4. The first-order chi connectivity index (χ1) is 9.74. The van der Waals surface area contributed by atoms with Crippen molar-refractivity contribution in [3.8, 4) is 6.07 Å². The molecule has 0 fully saturated rings. The number of hydrogen-bond acceptors (Lipinski definition) is 2. The van der Waals surface area contributed by atoms with Gasteiger partial charge >= 0.3 is 0 Å². The van der Waals surface area contributed by atoms with Crippen molar-refractivity contribution in [1.29, 1.82) is 5.26 Å². The lowest BCUT2D eigenvalue weighted by Crippen LogP contribution is -2.23. The van der Waals surface area contributed by atoms with Crippen LogP contribution in [0.25, 0.3) is 0 Å². The number of carbonyl (C=O) groups is 1. The van der Waals surface area contributed by atoms with Crippen molar-refractivity contribution in [3.63, 3.8) is 0 Å². The normalized spacial score (nSPS) is 9.80. The third-order valence-electron chi connectivity index (χ3n) is 3.19. The summed E-state index contributed by atoms with van der Waals surface area (Å²) in [4.78, 5) is 12.1. The van der Waals surface area contributed by atoms with E-state index in [4.69, 9.17) is 5.26 Å². The van der Waals surface area contributed by atoms with E-state index in [-0.39, 0.29) is 5.91 Å². The number of hydrogen-bond donors (Lipinski definition) is 1. The predicted octanol–water partition coefficient (Wildman–Crippen LogP) is 3.05. The van der Waals surface area contributed by atoms with Crippen LogP contribution in [-0.4, -0.2) is 5.91 Å². The Hall–Kier alpha value is -2.60. The van der Waals surface area contributed by atoms with Gasteiger partial charge in [0.15, 0.2) is 0 Å². The fraction of sp³-hybridized carbons (Fsp3) is 0.176. The van der Waals surface area contributed by atoms with Gasteiger partial charge in [-0.2, -0.15) is 5.26 Å². The summed E-state index contributed by atoms with van der Waals surface area (Å²) in [5.74, 6) is -0.159. The van der Waals surface area contributed by atoms with Crippen molar-refractivity contribution in [3.05, 3.63) is 70.8 Å². The molecule has 20 heavy (non-hydrogen) atoms. The molecule has 0 aliphatic rings. The number of nitriles is 1. The summed E-state index contributed by atoms with van der Waals surface area (Å²) in [5, 5.41) is 11.7. The van der Waals surface area contributed by atoms with Crippen molar-refractivity contribution >= 4 is 5.91 Å². The number of amides is 1.